The third-order valence-corrected chi connectivity index (χ3v) is 5.93. The Labute approximate surface area is 171 Å². The van der Waals surface area contributed by atoms with Crippen molar-refractivity contribution in [2.24, 2.45) is 0 Å². The maximum Gasteiger partial charge on any atom is 0.289 e. The Hall–Kier alpha value is -2.67. The first-order valence-corrected chi connectivity index (χ1v) is 10.5. The lowest BCUT2D eigenvalue weighted by Gasteiger charge is -2.32. The number of rotatable bonds is 4. The van der Waals surface area contributed by atoms with Crippen LogP contribution in [0.4, 0.5) is 5.69 Å². The third-order valence-electron chi connectivity index (χ3n) is 5.93. The molecule has 0 bridgehead atoms. The lowest BCUT2D eigenvalue weighted by molar-refractivity contribution is 0.0645. The zero-order chi connectivity index (χ0) is 20.4. The molecular formula is C22H29N5O2. The molecule has 1 aromatic carbocycles. The highest BCUT2D eigenvalue weighted by Crippen LogP contribution is 2.23. The quantitative estimate of drug-likeness (QED) is 0.863. The number of likely N-dealkylation sites (N-methyl/N-ethyl adjacent to an activating group) is 1. The Morgan fingerprint density at radius 1 is 1.03 bits per heavy atom. The fourth-order valence-corrected chi connectivity index (χ4v) is 4.05. The molecule has 4 rings (SSSR count). The summed E-state index contributed by atoms with van der Waals surface area (Å²) in [4.78, 5) is 34.7. The SMILES string of the molecule is CCc1ccc(NC(=O)c2nc(C(=O)N3CCN(C)CC3)n3c2CCCC3)cc1. The smallest absolute Gasteiger partial charge is 0.289 e. The molecule has 1 aromatic heterocycles. The molecule has 2 aromatic rings. The molecule has 2 aliphatic heterocycles. The number of nitrogens with one attached hydrogen (secondary N) is 1. The maximum atomic E-state index is 13.1. The van der Waals surface area contributed by atoms with Crippen LogP contribution in [0.2, 0.25) is 0 Å². The molecule has 0 atom stereocenters. The number of amides is 2. The predicted octanol–water partition coefficient (Wildman–Crippen LogP) is 2.42. The van der Waals surface area contributed by atoms with Crippen LogP contribution in [0.15, 0.2) is 24.3 Å². The van der Waals surface area contributed by atoms with Crippen molar-refractivity contribution in [1.29, 1.82) is 0 Å². The highest BCUT2D eigenvalue weighted by molar-refractivity contribution is 6.05. The van der Waals surface area contributed by atoms with Crippen LogP contribution >= 0.6 is 0 Å². The molecule has 29 heavy (non-hydrogen) atoms. The van der Waals surface area contributed by atoms with Gasteiger partial charge in [0.2, 0.25) is 0 Å². The molecule has 0 unspecified atom stereocenters. The first-order chi connectivity index (χ1) is 14.1. The van der Waals surface area contributed by atoms with E-state index in [0.717, 1.165) is 56.7 Å². The second-order valence-corrected chi connectivity index (χ2v) is 7.94. The Morgan fingerprint density at radius 3 is 2.45 bits per heavy atom. The van der Waals surface area contributed by atoms with Gasteiger partial charge < -0.3 is 19.7 Å². The van der Waals surface area contributed by atoms with Crippen molar-refractivity contribution in [3.63, 3.8) is 0 Å². The number of fused-ring (bicyclic) bond motifs is 1. The van der Waals surface area contributed by atoms with Gasteiger partial charge in [-0.25, -0.2) is 4.98 Å². The number of aryl methyl sites for hydroxylation is 1. The van der Waals surface area contributed by atoms with Gasteiger partial charge in [0.15, 0.2) is 11.5 Å². The van der Waals surface area contributed by atoms with Gasteiger partial charge in [-0.15, -0.1) is 0 Å². The fraction of sp³-hybridized carbons (Fsp3) is 0.500. The number of hydrogen-bond acceptors (Lipinski definition) is 4. The molecular weight excluding hydrogens is 366 g/mol. The van der Waals surface area contributed by atoms with E-state index in [1.54, 1.807) is 0 Å². The summed E-state index contributed by atoms with van der Waals surface area (Å²) in [6, 6.07) is 7.85. The molecule has 0 aliphatic carbocycles. The average molecular weight is 396 g/mol. The van der Waals surface area contributed by atoms with Gasteiger partial charge in [0.05, 0.1) is 5.69 Å². The van der Waals surface area contributed by atoms with Crippen molar-refractivity contribution >= 4 is 17.5 Å². The van der Waals surface area contributed by atoms with Crippen LogP contribution < -0.4 is 5.32 Å². The van der Waals surface area contributed by atoms with E-state index >= 15 is 0 Å². The van der Waals surface area contributed by atoms with Crippen LogP contribution in [-0.2, 0) is 19.4 Å². The summed E-state index contributed by atoms with van der Waals surface area (Å²) in [5.41, 5.74) is 3.25. The Bertz CT molecular complexity index is 895. The summed E-state index contributed by atoms with van der Waals surface area (Å²) in [6.07, 6.45) is 3.76. The zero-order valence-electron chi connectivity index (χ0n) is 17.3. The largest absolute Gasteiger partial charge is 0.333 e. The van der Waals surface area contributed by atoms with Crippen LogP contribution in [0.1, 0.15) is 52.1 Å². The van der Waals surface area contributed by atoms with E-state index in [-0.39, 0.29) is 11.8 Å². The molecule has 2 amide bonds. The summed E-state index contributed by atoms with van der Waals surface area (Å²) >= 11 is 0. The number of nitrogens with zero attached hydrogens (tertiary/aromatic N) is 4. The van der Waals surface area contributed by atoms with E-state index in [2.05, 4.69) is 29.2 Å². The lowest BCUT2D eigenvalue weighted by Crippen LogP contribution is -2.47. The number of aromatic nitrogens is 2. The molecule has 0 saturated carbocycles. The van der Waals surface area contributed by atoms with Crippen molar-refractivity contribution in [2.75, 3.05) is 38.5 Å². The van der Waals surface area contributed by atoms with Crippen LogP contribution in [0, 0.1) is 0 Å². The van der Waals surface area contributed by atoms with Gasteiger partial charge in [0, 0.05) is 38.4 Å². The van der Waals surface area contributed by atoms with Crippen molar-refractivity contribution in [1.82, 2.24) is 19.4 Å². The van der Waals surface area contributed by atoms with Crippen molar-refractivity contribution in [3.8, 4) is 0 Å². The van der Waals surface area contributed by atoms with Crippen LogP contribution in [0.25, 0.3) is 0 Å². The molecule has 154 valence electrons. The number of piperazine rings is 1. The number of hydrogen-bond donors (Lipinski definition) is 1. The first-order valence-electron chi connectivity index (χ1n) is 10.5. The predicted molar refractivity (Wildman–Crippen MR) is 112 cm³/mol. The topological polar surface area (TPSA) is 70.5 Å². The van der Waals surface area contributed by atoms with Crippen LogP contribution in [0.5, 0.6) is 0 Å². The Balaban J connectivity index is 1.58. The summed E-state index contributed by atoms with van der Waals surface area (Å²) in [6.45, 7) is 5.96. The Morgan fingerprint density at radius 2 is 1.76 bits per heavy atom. The summed E-state index contributed by atoms with van der Waals surface area (Å²) in [7, 11) is 2.06. The number of carbonyl (C=O) groups excluding carboxylic acids is 2. The van der Waals surface area contributed by atoms with Crippen molar-refractivity contribution in [2.45, 2.75) is 39.2 Å². The molecule has 1 saturated heterocycles. The van der Waals surface area contributed by atoms with E-state index < -0.39 is 0 Å². The minimum atomic E-state index is -0.239. The number of anilines is 1. The van der Waals surface area contributed by atoms with Crippen molar-refractivity contribution in [3.05, 3.63) is 47.0 Å². The van der Waals surface area contributed by atoms with E-state index in [4.69, 9.17) is 0 Å². The van der Waals surface area contributed by atoms with Gasteiger partial charge in [0.25, 0.3) is 11.8 Å². The highest BCUT2D eigenvalue weighted by Gasteiger charge is 2.30. The van der Waals surface area contributed by atoms with Crippen LogP contribution in [-0.4, -0.2) is 64.4 Å². The van der Waals surface area contributed by atoms with Gasteiger partial charge in [-0.05, 0) is 50.4 Å². The molecule has 0 radical (unpaired) electrons. The molecule has 0 spiro atoms. The molecule has 7 heteroatoms. The lowest BCUT2D eigenvalue weighted by atomic mass is 10.1. The van der Waals surface area contributed by atoms with E-state index in [0.29, 0.717) is 24.6 Å². The summed E-state index contributed by atoms with van der Waals surface area (Å²) in [5.74, 6) is 0.112. The monoisotopic (exact) mass is 395 g/mol. The van der Waals surface area contributed by atoms with E-state index in [9.17, 15) is 9.59 Å². The highest BCUT2D eigenvalue weighted by atomic mass is 16.2. The van der Waals surface area contributed by atoms with Gasteiger partial charge in [-0.1, -0.05) is 19.1 Å². The number of benzene rings is 1. The minimum absolute atomic E-state index is 0.0624. The molecule has 3 heterocycles. The number of carbonyl (C=O) groups is 2. The second-order valence-electron chi connectivity index (χ2n) is 7.94. The third kappa shape index (κ3) is 4.05. The normalized spacial score (nSPS) is 17.1. The number of imidazole rings is 1. The first kappa shape index (κ1) is 19.6. The zero-order valence-corrected chi connectivity index (χ0v) is 17.3. The summed E-state index contributed by atoms with van der Waals surface area (Å²) in [5, 5.41) is 2.95. The molecule has 7 nitrogen and oxygen atoms in total. The average Bonchev–Trinajstić information content (AvgIpc) is 3.14. The standard InChI is InChI=1S/C22H29N5O2/c1-3-16-7-9-17(10-8-16)23-21(28)19-18-6-4-5-11-27(18)20(24-19)22(29)26-14-12-25(2)13-15-26/h7-10H,3-6,11-15H2,1-2H3,(H,23,28). The van der Waals surface area contributed by atoms with Gasteiger partial charge in [-0.3, -0.25) is 9.59 Å². The Kier molecular flexibility index (Phi) is 5.67. The maximum absolute atomic E-state index is 13.1. The van der Waals surface area contributed by atoms with E-state index in [1.165, 1.54) is 5.56 Å². The van der Waals surface area contributed by atoms with E-state index in [1.807, 2.05) is 33.7 Å². The molecule has 1 N–H and O–H groups in total. The minimum Gasteiger partial charge on any atom is -0.333 e. The van der Waals surface area contributed by atoms with Gasteiger partial charge >= 0.3 is 0 Å². The van der Waals surface area contributed by atoms with Gasteiger partial charge in [-0.2, -0.15) is 0 Å². The van der Waals surface area contributed by atoms with Crippen molar-refractivity contribution < 1.29 is 9.59 Å². The molecule has 1 fully saturated rings. The van der Waals surface area contributed by atoms with Gasteiger partial charge in [0.1, 0.15) is 0 Å². The second kappa shape index (κ2) is 8.37. The fourth-order valence-electron chi connectivity index (χ4n) is 4.05. The molecule has 2 aliphatic rings. The van der Waals surface area contributed by atoms with Crippen LogP contribution in [0.3, 0.4) is 0 Å². The summed E-state index contributed by atoms with van der Waals surface area (Å²) < 4.78 is 1.97.